The summed E-state index contributed by atoms with van der Waals surface area (Å²) in [5.74, 6) is -1.31. The molecule has 0 spiro atoms. The van der Waals surface area contributed by atoms with Gasteiger partial charge in [-0.15, -0.1) is 11.8 Å². The highest BCUT2D eigenvalue weighted by atomic mass is 127. The first-order chi connectivity index (χ1) is 18.0. The highest BCUT2D eigenvalue weighted by Gasteiger charge is 2.24. The summed E-state index contributed by atoms with van der Waals surface area (Å²) in [7, 11) is 0. The predicted molar refractivity (Wildman–Crippen MR) is 147 cm³/mol. The van der Waals surface area contributed by atoms with Crippen molar-refractivity contribution >= 4 is 58.2 Å². The molecule has 0 aromatic rings. The van der Waals surface area contributed by atoms with Crippen LogP contribution in [0.4, 0.5) is 0 Å². The molecule has 1 rings (SSSR count). The molecule has 0 radical (unpaired) electrons. The fourth-order valence-corrected chi connectivity index (χ4v) is 4.97. The molecule has 0 amide bonds. The van der Waals surface area contributed by atoms with Crippen molar-refractivity contribution in [1.82, 2.24) is 0 Å². The molecule has 212 valence electrons. The van der Waals surface area contributed by atoms with Crippen LogP contribution in [0.3, 0.4) is 0 Å². The molecule has 0 aromatic heterocycles. The Kier molecular flexibility index (Phi) is 21.6. The number of thioether (sulfide) groups is 1. The van der Waals surface area contributed by atoms with Crippen molar-refractivity contribution in [3.63, 3.8) is 0 Å². The van der Waals surface area contributed by atoms with E-state index in [4.69, 9.17) is 28.4 Å². The Morgan fingerprint density at radius 1 is 0.676 bits per heavy atom. The molecule has 0 N–H and O–H groups in total. The summed E-state index contributed by atoms with van der Waals surface area (Å²) in [5, 5.41) is -0.600. The number of carbonyl (C=O) groups is 4. The van der Waals surface area contributed by atoms with Crippen LogP contribution in [0.5, 0.6) is 0 Å². The second kappa shape index (κ2) is 23.7. The minimum atomic E-state index is -0.650. The average Bonchev–Trinajstić information content (AvgIpc) is 2.88. The van der Waals surface area contributed by atoms with Crippen LogP contribution in [-0.4, -0.2) is 92.2 Å². The number of rotatable bonds is 4. The summed E-state index contributed by atoms with van der Waals surface area (Å²) in [6.45, 7) is 1.63. The van der Waals surface area contributed by atoms with Crippen LogP contribution < -0.4 is 0 Å². The van der Waals surface area contributed by atoms with Gasteiger partial charge in [0.25, 0.3) is 0 Å². The van der Waals surface area contributed by atoms with Gasteiger partial charge in [-0.1, -0.05) is 48.3 Å². The molecule has 37 heavy (non-hydrogen) atoms. The average molecular weight is 659 g/mol. The smallest absolute Gasteiger partial charge is 0.331 e. The number of hydrogen-bond acceptors (Lipinski definition) is 11. The number of carbonyl (C=O) groups excluding carboxylic acids is 4. The lowest BCUT2D eigenvalue weighted by Crippen LogP contribution is -2.26. The number of alkyl halides is 1. The number of halogens is 1. The van der Waals surface area contributed by atoms with E-state index in [1.54, 1.807) is 0 Å². The van der Waals surface area contributed by atoms with E-state index in [0.717, 1.165) is 67.3 Å². The summed E-state index contributed by atoms with van der Waals surface area (Å²) in [5.41, 5.74) is 0. The van der Waals surface area contributed by atoms with E-state index in [-0.39, 0.29) is 52.7 Å². The zero-order chi connectivity index (χ0) is 27.0. The quantitative estimate of drug-likeness (QED) is 0.145. The Bertz CT molecular complexity index is 688. The first kappa shape index (κ1) is 33.6. The summed E-state index contributed by atoms with van der Waals surface area (Å²) < 4.78 is 32.3. The molecular formula is C25H39IO10S. The van der Waals surface area contributed by atoms with E-state index in [1.165, 1.54) is 11.8 Å². The lowest BCUT2D eigenvalue weighted by molar-refractivity contribution is -0.150. The molecular weight excluding hydrogens is 619 g/mol. The van der Waals surface area contributed by atoms with E-state index in [0.29, 0.717) is 6.61 Å². The number of ether oxygens (including phenoxy) is 6. The maximum Gasteiger partial charge on any atom is 0.331 e. The molecule has 0 bridgehead atoms. The van der Waals surface area contributed by atoms with Gasteiger partial charge >= 0.3 is 23.9 Å². The first-order valence-electron chi connectivity index (χ1n) is 12.7. The molecule has 1 aliphatic heterocycles. The van der Waals surface area contributed by atoms with Gasteiger partial charge in [0.05, 0.1) is 46.1 Å². The molecule has 1 unspecified atom stereocenters. The van der Waals surface area contributed by atoms with Gasteiger partial charge in [-0.05, 0) is 25.0 Å². The van der Waals surface area contributed by atoms with Crippen LogP contribution >= 0.6 is 34.4 Å². The molecule has 0 fully saturated rings. The third-order valence-corrected chi connectivity index (χ3v) is 6.98. The van der Waals surface area contributed by atoms with E-state index in [9.17, 15) is 19.2 Å². The van der Waals surface area contributed by atoms with Gasteiger partial charge in [0.15, 0.2) is 0 Å². The van der Waals surface area contributed by atoms with Gasteiger partial charge in [0.2, 0.25) is 0 Å². The largest absolute Gasteiger partial charge is 0.466 e. The maximum atomic E-state index is 12.5. The number of esters is 4. The van der Waals surface area contributed by atoms with E-state index in [2.05, 4.69) is 22.6 Å². The second-order valence-electron chi connectivity index (χ2n) is 8.01. The van der Waals surface area contributed by atoms with Gasteiger partial charge in [-0.25, -0.2) is 9.59 Å². The van der Waals surface area contributed by atoms with Gasteiger partial charge in [0.1, 0.15) is 18.5 Å². The van der Waals surface area contributed by atoms with Crippen LogP contribution in [0.15, 0.2) is 12.2 Å². The third-order valence-electron chi connectivity index (χ3n) is 4.93. The van der Waals surface area contributed by atoms with Crippen LogP contribution in [0.25, 0.3) is 0 Å². The summed E-state index contributed by atoms with van der Waals surface area (Å²) >= 11 is 3.69. The molecule has 12 heteroatoms. The van der Waals surface area contributed by atoms with Crippen molar-refractivity contribution in [2.45, 2.75) is 56.6 Å². The Morgan fingerprint density at radius 3 is 1.81 bits per heavy atom. The molecule has 1 aliphatic rings. The molecule has 10 nitrogen and oxygen atoms in total. The predicted octanol–water partition coefficient (Wildman–Crippen LogP) is 3.42. The fourth-order valence-electron chi connectivity index (χ4n) is 3.02. The van der Waals surface area contributed by atoms with Crippen molar-refractivity contribution in [2.24, 2.45) is 0 Å². The molecule has 1 atom stereocenters. The molecule has 0 saturated heterocycles. The lowest BCUT2D eigenvalue weighted by Gasteiger charge is -2.15. The molecule has 1 heterocycles. The zero-order valence-electron chi connectivity index (χ0n) is 21.3. The minimum absolute atomic E-state index is 0.0159. The third kappa shape index (κ3) is 20.3. The van der Waals surface area contributed by atoms with Crippen molar-refractivity contribution in [3.8, 4) is 0 Å². The van der Waals surface area contributed by atoms with Crippen LogP contribution in [-0.2, 0) is 47.6 Å². The Balaban J connectivity index is 2.48. The summed E-state index contributed by atoms with van der Waals surface area (Å²) in [6, 6.07) is 0. The summed E-state index contributed by atoms with van der Waals surface area (Å²) in [4.78, 5) is 48.0. The Labute approximate surface area is 237 Å². The Morgan fingerprint density at radius 2 is 1.19 bits per heavy atom. The minimum Gasteiger partial charge on any atom is -0.466 e. The van der Waals surface area contributed by atoms with Crippen molar-refractivity contribution in [2.75, 3.05) is 63.0 Å². The molecule has 0 aromatic carbocycles. The number of hydrogen-bond donors (Lipinski definition) is 0. The van der Waals surface area contributed by atoms with Crippen LogP contribution in [0.2, 0.25) is 0 Å². The van der Waals surface area contributed by atoms with E-state index < -0.39 is 29.1 Å². The van der Waals surface area contributed by atoms with Crippen LogP contribution in [0, 0.1) is 0 Å². The Hall–Kier alpha value is -1.38. The van der Waals surface area contributed by atoms with E-state index in [1.807, 2.05) is 0 Å². The fraction of sp³-hybridized carbons (Fsp3) is 0.760. The zero-order valence-corrected chi connectivity index (χ0v) is 24.3. The highest BCUT2D eigenvalue weighted by molar-refractivity contribution is 14.1. The van der Waals surface area contributed by atoms with E-state index >= 15 is 0 Å². The number of cyclic esters (lactones) is 4. The van der Waals surface area contributed by atoms with Crippen molar-refractivity contribution in [3.05, 3.63) is 12.2 Å². The van der Waals surface area contributed by atoms with Crippen molar-refractivity contribution in [1.29, 1.82) is 0 Å². The lowest BCUT2D eigenvalue weighted by atomic mass is 10.1. The van der Waals surface area contributed by atoms with Crippen LogP contribution in [0.1, 0.15) is 51.4 Å². The van der Waals surface area contributed by atoms with Gasteiger partial charge < -0.3 is 28.4 Å². The molecule has 0 aliphatic carbocycles. The summed E-state index contributed by atoms with van der Waals surface area (Å²) in [6.07, 6.45) is 8.24. The van der Waals surface area contributed by atoms with Gasteiger partial charge in [-0.2, -0.15) is 0 Å². The topological polar surface area (TPSA) is 124 Å². The maximum absolute atomic E-state index is 12.5. The normalized spacial score (nSPS) is 22.9. The first-order valence-corrected chi connectivity index (χ1v) is 15.3. The van der Waals surface area contributed by atoms with Gasteiger partial charge in [0, 0.05) is 16.6 Å². The second-order valence-corrected chi connectivity index (χ2v) is 10.4. The molecule has 0 saturated carbocycles. The SMILES string of the molecule is O=C1/C=C/C(=O)OCCOCCOCCOC(=O)C(SCCCI)CC(=O)OCCCCCCCCO1. The highest BCUT2D eigenvalue weighted by Crippen LogP contribution is 2.19. The monoisotopic (exact) mass is 658 g/mol. The standard InChI is InChI=1S/C25H39IO10S/c26-10-7-19-37-21-20-24(29)34-12-6-4-2-1-3-5-11-33-22(27)8-9-23(28)35-17-15-31-13-14-32-16-18-36-25(21)30/h8-9,21H,1-7,10-20H2/b9-8+. The van der Waals surface area contributed by atoms with Crippen molar-refractivity contribution < 1.29 is 47.6 Å². The van der Waals surface area contributed by atoms with Gasteiger partial charge in [-0.3, -0.25) is 9.59 Å².